The highest BCUT2D eigenvalue weighted by molar-refractivity contribution is 8.17. The molecule has 2 aliphatic rings. The lowest BCUT2D eigenvalue weighted by atomic mass is 10.1. The first-order valence-electron chi connectivity index (χ1n) is 5.77. The molecule has 17 heavy (non-hydrogen) atoms. The Morgan fingerprint density at radius 2 is 2.06 bits per heavy atom. The number of hydrogen-bond donors (Lipinski definition) is 0. The summed E-state index contributed by atoms with van der Waals surface area (Å²) in [6.45, 7) is 4.44. The molecular weight excluding hydrogens is 228 g/mol. The Labute approximate surface area is 106 Å². The van der Waals surface area contributed by atoms with Crippen molar-refractivity contribution in [2.24, 2.45) is 10.9 Å². The Balaban J connectivity index is 2.15. The van der Waals surface area contributed by atoms with Gasteiger partial charge in [0.2, 0.25) is 0 Å². The van der Waals surface area contributed by atoms with Crippen molar-refractivity contribution in [2.45, 2.75) is 13.8 Å². The van der Waals surface area contributed by atoms with Crippen LogP contribution < -0.4 is 4.90 Å². The number of aliphatic imine (C=N–C) groups is 1. The van der Waals surface area contributed by atoms with Gasteiger partial charge in [0, 0.05) is 17.5 Å². The monoisotopic (exact) mass is 242 g/mol. The molecule has 0 fully saturated rings. The molecule has 0 aromatic heterocycles. The fraction of sp³-hybridized carbons (Fsp3) is 0.214. The van der Waals surface area contributed by atoms with E-state index in [1.165, 1.54) is 16.9 Å². The topological polar surface area (TPSA) is 15.6 Å². The predicted molar refractivity (Wildman–Crippen MR) is 75.9 cm³/mol. The molecule has 0 spiro atoms. The summed E-state index contributed by atoms with van der Waals surface area (Å²) in [4.78, 5) is 6.77. The van der Waals surface area contributed by atoms with E-state index in [1.807, 2.05) is 6.20 Å². The molecule has 3 heteroatoms. The lowest BCUT2D eigenvalue weighted by molar-refractivity contribution is 0.757. The fourth-order valence-electron chi connectivity index (χ4n) is 2.07. The lowest BCUT2D eigenvalue weighted by Gasteiger charge is -2.25. The summed E-state index contributed by atoms with van der Waals surface area (Å²) in [5.41, 5.74) is 3.77. The van der Waals surface area contributed by atoms with E-state index in [-0.39, 0.29) is 0 Å². The number of rotatable bonds is 1. The number of thioether (sulfide) groups is 1. The van der Waals surface area contributed by atoms with Crippen molar-refractivity contribution in [1.82, 2.24) is 0 Å². The summed E-state index contributed by atoms with van der Waals surface area (Å²) >= 11 is 1.70. The number of hydrogen-bond acceptors (Lipinski definition) is 3. The number of nitrogens with zero attached hydrogens (tertiary/aromatic N) is 2. The van der Waals surface area contributed by atoms with E-state index in [1.54, 1.807) is 11.8 Å². The van der Waals surface area contributed by atoms with Crippen LogP contribution in [0.3, 0.4) is 0 Å². The average Bonchev–Trinajstić information content (AvgIpc) is 2.66. The number of allylic oxidation sites excluding steroid dienone is 1. The van der Waals surface area contributed by atoms with Gasteiger partial charge >= 0.3 is 0 Å². The Morgan fingerprint density at radius 3 is 2.88 bits per heavy atom. The van der Waals surface area contributed by atoms with E-state index in [0.717, 1.165) is 5.17 Å². The number of anilines is 1. The minimum atomic E-state index is 0.501. The highest BCUT2D eigenvalue weighted by atomic mass is 32.2. The van der Waals surface area contributed by atoms with Crippen molar-refractivity contribution in [1.29, 1.82) is 0 Å². The van der Waals surface area contributed by atoms with Gasteiger partial charge in [-0.05, 0) is 23.5 Å². The van der Waals surface area contributed by atoms with Crippen LogP contribution in [0.2, 0.25) is 0 Å². The maximum Gasteiger partial charge on any atom is 0.177 e. The van der Waals surface area contributed by atoms with Crippen LogP contribution in [0.1, 0.15) is 19.4 Å². The van der Waals surface area contributed by atoms with Gasteiger partial charge in [-0.1, -0.05) is 43.8 Å². The second-order valence-corrected chi connectivity index (χ2v) is 5.27. The second-order valence-electron chi connectivity index (χ2n) is 4.44. The molecule has 86 valence electrons. The first-order chi connectivity index (χ1) is 8.27. The van der Waals surface area contributed by atoms with Gasteiger partial charge < -0.3 is 0 Å². The molecule has 0 atom stereocenters. The van der Waals surface area contributed by atoms with Crippen molar-refractivity contribution >= 4 is 28.7 Å². The molecule has 0 amide bonds. The molecule has 0 aliphatic carbocycles. The van der Waals surface area contributed by atoms with Gasteiger partial charge in [-0.15, -0.1) is 0 Å². The van der Waals surface area contributed by atoms with Crippen LogP contribution in [0.15, 0.2) is 46.6 Å². The van der Waals surface area contributed by atoms with Gasteiger partial charge in [-0.3, -0.25) is 4.90 Å². The molecular formula is C14H14N2S. The smallest absolute Gasteiger partial charge is 0.177 e. The van der Waals surface area contributed by atoms with Crippen molar-refractivity contribution in [3.05, 3.63) is 47.1 Å². The third kappa shape index (κ3) is 1.71. The SMILES string of the molecule is CC(C)C1=CSC2=NC=Cc3ccccc3N12. The van der Waals surface area contributed by atoms with Crippen LogP contribution in [0.5, 0.6) is 0 Å². The number of fused-ring (bicyclic) bond motifs is 3. The summed E-state index contributed by atoms with van der Waals surface area (Å²) in [6, 6.07) is 8.43. The average molecular weight is 242 g/mol. The molecule has 0 bridgehead atoms. The summed E-state index contributed by atoms with van der Waals surface area (Å²) in [5.74, 6) is 0.501. The van der Waals surface area contributed by atoms with E-state index in [0.29, 0.717) is 5.92 Å². The minimum absolute atomic E-state index is 0.501. The van der Waals surface area contributed by atoms with Crippen LogP contribution in [-0.2, 0) is 0 Å². The molecule has 0 saturated heterocycles. The number of benzene rings is 1. The molecule has 2 aliphatic heterocycles. The molecule has 0 unspecified atom stereocenters. The van der Waals surface area contributed by atoms with Crippen LogP contribution in [-0.4, -0.2) is 5.17 Å². The second kappa shape index (κ2) is 4.08. The molecule has 1 aromatic carbocycles. The van der Waals surface area contributed by atoms with E-state index in [4.69, 9.17) is 0 Å². The van der Waals surface area contributed by atoms with E-state index >= 15 is 0 Å². The first-order valence-corrected chi connectivity index (χ1v) is 6.65. The highest BCUT2D eigenvalue weighted by Gasteiger charge is 2.28. The molecule has 3 rings (SSSR count). The van der Waals surface area contributed by atoms with Crippen LogP contribution in [0, 0.1) is 5.92 Å². The lowest BCUT2D eigenvalue weighted by Crippen LogP contribution is -2.26. The molecule has 2 nitrogen and oxygen atoms in total. The molecule has 0 N–H and O–H groups in total. The highest BCUT2D eigenvalue weighted by Crippen LogP contribution is 2.38. The first kappa shape index (κ1) is 10.7. The number of para-hydroxylation sites is 1. The fourth-order valence-corrected chi connectivity index (χ4v) is 3.10. The van der Waals surface area contributed by atoms with Gasteiger partial charge in [-0.25, -0.2) is 4.99 Å². The Morgan fingerprint density at radius 1 is 1.24 bits per heavy atom. The van der Waals surface area contributed by atoms with Crippen LogP contribution in [0.25, 0.3) is 6.08 Å². The quantitative estimate of drug-likeness (QED) is 0.737. The van der Waals surface area contributed by atoms with E-state index in [9.17, 15) is 0 Å². The summed E-state index contributed by atoms with van der Waals surface area (Å²) in [7, 11) is 0. The zero-order valence-electron chi connectivity index (χ0n) is 9.92. The minimum Gasteiger partial charge on any atom is -0.292 e. The summed E-state index contributed by atoms with van der Waals surface area (Å²) in [5, 5.41) is 3.26. The van der Waals surface area contributed by atoms with E-state index in [2.05, 4.69) is 59.5 Å². The van der Waals surface area contributed by atoms with Gasteiger partial charge in [0.25, 0.3) is 0 Å². The molecule has 2 heterocycles. The summed E-state index contributed by atoms with van der Waals surface area (Å²) < 4.78 is 0. The largest absolute Gasteiger partial charge is 0.292 e. The zero-order chi connectivity index (χ0) is 11.8. The van der Waals surface area contributed by atoms with Gasteiger partial charge in [-0.2, -0.15) is 0 Å². The summed E-state index contributed by atoms with van der Waals surface area (Å²) in [6.07, 6.45) is 3.96. The Kier molecular flexibility index (Phi) is 2.56. The van der Waals surface area contributed by atoms with Crippen LogP contribution >= 0.6 is 11.8 Å². The normalized spacial score (nSPS) is 17.5. The van der Waals surface area contributed by atoms with Crippen molar-refractivity contribution in [2.75, 3.05) is 4.90 Å². The van der Waals surface area contributed by atoms with Gasteiger partial charge in [0.15, 0.2) is 5.17 Å². The van der Waals surface area contributed by atoms with Crippen molar-refractivity contribution in [3.63, 3.8) is 0 Å². The van der Waals surface area contributed by atoms with Crippen molar-refractivity contribution < 1.29 is 0 Å². The number of amidine groups is 1. The Hall–Kier alpha value is -1.48. The molecule has 0 radical (unpaired) electrons. The standard InChI is InChI=1S/C14H14N2S/c1-10(2)13-9-17-14-15-8-7-11-5-3-4-6-12(11)16(13)14/h3-10H,1-2H3. The maximum atomic E-state index is 4.51. The zero-order valence-corrected chi connectivity index (χ0v) is 10.7. The molecule has 0 saturated carbocycles. The third-order valence-corrected chi connectivity index (χ3v) is 3.80. The van der Waals surface area contributed by atoms with Gasteiger partial charge in [0.05, 0.1) is 5.69 Å². The predicted octanol–water partition coefficient (Wildman–Crippen LogP) is 4.08. The van der Waals surface area contributed by atoms with Gasteiger partial charge in [0.1, 0.15) is 0 Å². The van der Waals surface area contributed by atoms with E-state index < -0.39 is 0 Å². The van der Waals surface area contributed by atoms with Crippen LogP contribution in [0.4, 0.5) is 5.69 Å². The maximum absolute atomic E-state index is 4.51. The Bertz CT molecular complexity index is 541. The third-order valence-electron chi connectivity index (χ3n) is 2.94. The van der Waals surface area contributed by atoms with Crippen molar-refractivity contribution in [3.8, 4) is 0 Å². The molecule has 1 aromatic rings.